The minimum atomic E-state index is -0.339. The van der Waals surface area contributed by atoms with E-state index in [9.17, 15) is 9.59 Å². The smallest absolute Gasteiger partial charge is 0.296 e. The summed E-state index contributed by atoms with van der Waals surface area (Å²) in [5.41, 5.74) is 0.585. The third kappa shape index (κ3) is 3.26. The van der Waals surface area contributed by atoms with Crippen LogP contribution in [0.25, 0.3) is 10.9 Å². The van der Waals surface area contributed by atoms with Crippen LogP contribution in [-0.2, 0) is 16.1 Å². The number of amides is 1. The van der Waals surface area contributed by atoms with Crippen LogP contribution >= 0.6 is 0 Å². The number of nitrogens with one attached hydrogen (secondary N) is 1. The third-order valence-electron chi connectivity index (χ3n) is 4.03. The highest BCUT2D eigenvalue weighted by atomic mass is 16.5. The number of ether oxygens (including phenoxy) is 1. The molecule has 0 unspecified atom stereocenters. The number of nitrogens with zero attached hydrogens (tertiary/aromatic N) is 3. The predicted octanol–water partition coefficient (Wildman–Crippen LogP) is 0.687. The second kappa shape index (κ2) is 6.49. The molecule has 3 rings (SSSR count). The van der Waals surface area contributed by atoms with Gasteiger partial charge in [-0.3, -0.25) is 9.59 Å². The Bertz CT molecular complexity index is 774. The van der Waals surface area contributed by atoms with Crippen LogP contribution in [0.2, 0.25) is 0 Å². The number of rotatable bonds is 5. The maximum atomic E-state index is 12.3. The van der Waals surface area contributed by atoms with Gasteiger partial charge in [0.25, 0.3) is 5.56 Å². The molecule has 1 aliphatic rings. The van der Waals surface area contributed by atoms with E-state index >= 15 is 0 Å². The number of aromatic nitrogens is 3. The van der Waals surface area contributed by atoms with Gasteiger partial charge in [-0.05, 0) is 26.7 Å². The maximum Gasteiger partial charge on any atom is 0.296 e. The van der Waals surface area contributed by atoms with E-state index in [1.807, 2.05) is 0 Å². The molecular formula is C15H20N4O4. The number of fused-ring (bicyclic) bond motifs is 1. The molecule has 0 radical (unpaired) electrons. The molecule has 124 valence electrons. The SMILES string of the molecule is Cc1nn(CCC(=O)NC[C@@H]2CCCO2)c(=O)c2noc(C)c12. The fourth-order valence-corrected chi connectivity index (χ4v) is 2.82. The summed E-state index contributed by atoms with van der Waals surface area (Å²) in [5, 5.41) is 11.5. The van der Waals surface area contributed by atoms with Gasteiger partial charge in [0.2, 0.25) is 5.91 Å². The minimum absolute atomic E-state index is 0.108. The highest BCUT2D eigenvalue weighted by Gasteiger charge is 2.17. The van der Waals surface area contributed by atoms with Gasteiger partial charge in [0.1, 0.15) is 5.76 Å². The van der Waals surface area contributed by atoms with Crippen LogP contribution in [0.15, 0.2) is 9.32 Å². The van der Waals surface area contributed by atoms with Crippen LogP contribution in [0, 0.1) is 13.8 Å². The molecule has 8 nitrogen and oxygen atoms in total. The van der Waals surface area contributed by atoms with Gasteiger partial charge < -0.3 is 14.6 Å². The molecule has 0 saturated carbocycles. The molecule has 0 spiro atoms. The van der Waals surface area contributed by atoms with Crippen LogP contribution in [0.3, 0.4) is 0 Å². The topological polar surface area (TPSA) is 99.2 Å². The quantitative estimate of drug-likeness (QED) is 0.870. The molecule has 1 N–H and O–H groups in total. The van der Waals surface area contributed by atoms with Crippen molar-refractivity contribution in [2.45, 2.75) is 45.8 Å². The van der Waals surface area contributed by atoms with Crippen LogP contribution in [0.4, 0.5) is 0 Å². The van der Waals surface area contributed by atoms with Gasteiger partial charge in [0, 0.05) is 19.6 Å². The van der Waals surface area contributed by atoms with E-state index in [0.717, 1.165) is 19.4 Å². The lowest BCUT2D eigenvalue weighted by Gasteiger charge is -2.11. The summed E-state index contributed by atoms with van der Waals surface area (Å²) in [7, 11) is 0. The highest BCUT2D eigenvalue weighted by molar-refractivity contribution is 5.81. The van der Waals surface area contributed by atoms with E-state index in [-0.39, 0.29) is 36.1 Å². The molecule has 23 heavy (non-hydrogen) atoms. The Morgan fingerprint density at radius 1 is 1.43 bits per heavy atom. The van der Waals surface area contributed by atoms with E-state index in [0.29, 0.717) is 23.4 Å². The van der Waals surface area contributed by atoms with Gasteiger partial charge in [0.15, 0.2) is 5.52 Å². The predicted molar refractivity (Wildman–Crippen MR) is 82.1 cm³/mol. The molecule has 1 fully saturated rings. The summed E-state index contributed by atoms with van der Waals surface area (Å²) < 4.78 is 11.8. The fourth-order valence-electron chi connectivity index (χ4n) is 2.82. The van der Waals surface area contributed by atoms with Crippen molar-refractivity contribution in [2.75, 3.05) is 13.2 Å². The lowest BCUT2D eigenvalue weighted by molar-refractivity contribution is -0.121. The van der Waals surface area contributed by atoms with Gasteiger partial charge in [-0.2, -0.15) is 5.10 Å². The van der Waals surface area contributed by atoms with E-state index in [4.69, 9.17) is 9.26 Å². The Morgan fingerprint density at radius 2 is 2.26 bits per heavy atom. The van der Waals surface area contributed by atoms with Crippen molar-refractivity contribution in [2.24, 2.45) is 0 Å². The molecule has 1 saturated heterocycles. The fraction of sp³-hybridized carbons (Fsp3) is 0.600. The zero-order valence-electron chi connectivity index (χ0n) is 13.3. The first kappa shape index (κ1) is 15.7. The molecule has 1 aliphatic heterocycles. The van der Waals surface area contributed by atoms with E-state index in [1.165, 1.54) is 4.68 Å². The van der Waals surface area contributed by atoms with Crippen molar-refractivity contribution < 1.29 is 14.1 Å². The van der Waals surface area contributed by atoms with Crippen LogP contribution in [-0.4, -0.2) is 40.1 Å². The maximum absolute atomic E-state index is 12.3. The molecule has 2 aromatic heterocycles. The zero-order chi connectivity index (χ0) is 16.4. The summed E-state index contributed by atoms with van der Waals surface area (Å²) in [6.07, 6.45) is 2.30. The van der Waals surface area contributed by atoms with Crippen molar-refractivity contribution in [1.29, 1.82) is 0 Å². The number of hydrogen-bond acceptors (Lipinski definition) is 6. The number of carbonyl (C=O) groups is 1. The van der Waals surface area contributed by atoms with Gasteiger partial charge in [0.05, 0.1) is 23.7 Å². The average Bonchev–Trinajstić information content (AvgIpc) is 3.17. The first-order chi connectivity index (χ1) is 11.1. The van der Waals surface area contributed by atoms with Gasteiger partial charge in [-0.15, -0.1) is 0 Å². The molecule has 8 heteroatoms. The minimum Gasteiger partial charge on any atom is -0.376 e. The first-order valence-electron chi connectivity index (χ1n) is 7.78. The van der Waals surface area contributed by atoms with Gasteiger partial charge >= 0.3 is 0 Å². The van der Waals surface area contributed by atoms with Crippen LogP contribution < -0.4 is 10.9 Å². The van der Waals surface area contributed by atoms with E-state index in [2.05, 4.69) is 15.6 Å². The number of hydrogen-bond donors (Lipinski definition) is 1. The zero-order valence-corrected chi connectivity index (χ0v) is 13.3. The second-order valence-electron chi connectivity index (χ2n) is 5.77. The molecular weight excluding hydrogens is 300 g/mol. The Labute approximate surface area is 132 Å². The number of carbonyl (C=O) groups excluding carboxylic acids is 1. The molecule has 0 bridgehead atoms. The van der Waals surface area contributed by atoms with Gasteiger partial charge in [-0.25, -0.2) is 4.68 Å². The van der Waals surface area contributed by atoms with E-state index < -0.39 is 0 Å². The summed E-state index contributed by atoms with van der Waals surface area (Å²) in [4.78, 5) is 24.2. The van der Waals surface area contributed by atoms with Crippen molar-refractivity contribution in [3.8, 4) is 0 Å². The summed E-state index contributed by atoms with van der Waals surface area (Å²) in [5.74, 6) is 0.451. The van der Waals surface area contributed by atoms with E-state index in [1.54, 1.807) is 13.8 Å². The van der Waals surface area contributed by atoms with Gasteiger partial charge in [-0.1, -0.05) is 5.16 Å². The molecule has 0 aliphatic carbocycles. The Kier molecular flexibility index (Phi) is 4.42. The largest absolute Gasteiger partial charge is 0.376 e. The summed E-state index contributed by atoms with van der Waals surface area (Å²) >= 11 is 0. The normalized spacial score (nSPS) is 17.7. The second-order valence-corrected chi connectivity index (χ2v) is 5.77. The summed E-state index contributed by atoms with van der Waals surface area (Å²) in [6, 6.07) is 0. The third-order valence-corrected chi connectivity index (χ3v) is 4.03. The standard InChI is InChI=1S/C15H20N4O4/c1-9-13-10(2)23-18-14(13)15(21)19(17-9)6-5-12(20)16-8-11-4-3-7-22-11/h11H,3-8H2,1-2H3,(H,16,20)/t11-/m0/s1. The molecule has 1 atom stereocenters. The van der Waals surface area contributed by atoms with Crippen LogP contribution in [0.5, 0.6) is 0 Å². The van der Waals surface area contributed by atoms with Crippen molar-refractivity contribution in [3.05, 3.63) is 21.8 Å². The Balaban J connectivity index is 1.63. The van der Waals surface area contributed by atoms with Crippen molar-refractivity contribution in [3.63, 3.8) is 0 Å². The Hall–Kier alpha value is -2.22. The molecule has 2 aromatic rings. The molecule has 3 heterocycles. The average molecular weight is 320 g/mol. The van der Waals surface area contributed by atoms with Crippen molar-refractivity contribution in [1.82, 2.24) is 20.3 Å². The first-order valence-corrected chi connectivity index (χ1v) is 7.78. The summed E-state index contributed by atoms with van der Waals surface area (Å²) in [6.45, 7) is 5.02. The monoisotopic (exact) mass is 320 g/mol. The van der Waals surface area contributed by atoms with Crippen LogP contribution in [0.1, 0.15) is 30.7 Å². The lowest BCUT2D eigenvalue weighted by atomic mass is 10.2. The molecule has 0 aromatic carbocycles. The number of aryl methyl sites for hydroxylation is 3. The molecule has 1 amide bonds. The lowest BCUT2D eigenvalue weighted by Crippen LogP contribution is -2.33. The van der Waals surface area contributed by atoms with Crippen molar-refractivity contribution >= 4 is 16.8 Å². The highest BCUT2D eigenvalue weighted by Crippen LogP contribution is 2.16. The Morgan fingerprint density at radius 3 is 3.00 bits per heavy atom.